The number of carbonyl (C=O) groups excluding carboxylic acids is 2. The highest BCUT2D eigenvalue weighted by Crippen LogP contribution is 2.31. The predicted octanol–water partition coefficient (Wildman–Crippen LogP) is 3.42. The molecule has 7 heteroatoms. The smallest absolute Gasteiger partial charge is 0.267 e. The third-order valence-corrected chi connectivity index (χ3v) is 5.36. The van der Waals surface area contributed by atoms with E-state index in [4.69, 9.17) is 15.2 Å². The van der Waals surface area contributed by atoms with Crippen molar-refractivity contribution in [2.45, 2.75) is 25.9 Å². The number of benzene rings is 2. The molecule has 31 heavy (non-hydrogen) atoms. The van der Waals surface area contributed by atoms with Gasteiger partial charge in [0.2, 0.25) is 0 Å². The molecule has 0 bridgehead atoms. The number of pyridine rings is 1. The van der Waals surface area contributed by atoms with Gasteiger partial charge in [-0.1, -0.05) is 30.3 Å². The van der Waals surface area contributed by atoms with Crippen molar-refractivity contribution in [3.05, 3.63) is 66.0 Å². The van der Waals surface area contributed by atoms with E-state index in [-0.39, 0.29) is 17.7 Å². The second-order valence-electron chi connectivity index (χ2n) is 7.47. The van der Waals surface area contributed by atoms with Crippen LogP contribution in [0.3, 0.4) is 0 Å². The summed E-state index contributed by atoms with van der Waals surface area (Å²) >= 11 is 0. The van der Waals surface area contributed by atoms with Gasteiger partial charge in [0, 0.05) is 18.8 Å². The maximum atomic E-state index is 13.6. The molecule has 0 radical (unpaired) electrons. The summed E-state index contributed by atoms with van der Waals surface area (Å²) in [6.45, 7) is 3.48. The zero-order chi connectivity index (χ0) is 21.8. The van der Waals surface area contributed by atoms with Gasteiger partial charge in [0.05, 0.1) is 18.7 Å². The summed E-state index contributed by atoms with van der Waals surface area (Å²) in [7, 11) is 0. The van der Waals surface area contributed by atoms with Gasteiger partial charge >= 0.3 is 0 Å². The normalized spacial score (nSPS) is 16.2. The van der Waals surface area contributed by atoms with Crippen molar-refractivity contribution in [3.8, 4) is 11.5 Å². The molecule has 2 aromatic carbocycles. The molecule has 0 saturated carbocycles. The van der Waals surface area contributed by atoms with E-state index in [2.05, 4.69) is 4.98 Å². The third kappa shape index (κ3) is 4.45. The van der Waals surface area contributed by atoms with Crippen LogP contribution >= 0.6 is 0 Å². The molecule has 1 aliphatic rings. The van der Waals surface area contributed by atoms with Crippen LogP contribution in [0.1, 0.15) is 40.6 Å². The highest BCUT2D eigenvalue weighted by atomic mass is 16.5. The quantitative estimate of drug-likeness (QED) is 0.661. The van der Waals surface area contributed by atoms with Crippen LogP contribution in [0.5, 0.6) is 11.5 Å². The lowest BCUT2D eigenvalue weighted by Crippen LogP contribution is -2.44. The first-order chi connectivity index (χ1) is 15.1. The minimum atomic E-state index is -0.606. The van der Waals surface area contributed by atoms with Crippen molar-refractivity contribution in [2.75, 3.05) is 19.7 Å². The highest BCUT2D eigenvalue weighted by molar-refractivity contribution is 6.09. The van der Waals surface area contributed by atoms with Gasteiger partial charge in [-0.15, -0.1) is 0 Å². The van der Waals surface area contributed by atoms with Gasteiger partial charge < -0.3 is 20.1 Å². The molecule has 4 rings (SSSR count). The van der Waals surface area contributed by atoms with Crippen molar-refractivity contribution >= 4 is 22.6 Å². The lowest BCUT2D eigenvalue weighted by Gasteiger charge is -2.33. The molecule has 1 saturated heterocycles. The lowest BCUT2D eigenvalue weighted by molar-refractivity contribution is 0.0536. The van der Waals surface area contributed by atoms with Crippen LogP contribution in [-0.2, 0) is 0 Å². The van der Waals surface area contributed by atoms with Crippen molar-refractivity contribution in [1.82, 2.24) is 9.88 Å². The number of ether oxygens (including phenoxy) is 2. The van der Waals surface area contributed by atoms with Crippen LogP contribution < -0.4 is 15.2 Å². The van der Waals surface area contributed by atoms with Crippen molar-refractivity contribution in [1.29, 1.82) is 0 Å². The number of rotatable bonds is 6. The summed E-state index contributed by atoms with van der Waals surface area (Å²) < 4.78 is 11.8. The Balaban J connectivity index is 1.57. The van der Waals surface area contributed by atoms with Crippen LogP contribution in [0, 0.1) is 0 Å². The molecule has 0 aliphatic carbocycles. The number of fused-ring (bicyclic) bond motifs is 1. The average molecular weight is 419 g/mol. The second kappa shape index (κ2) is 9.04. The molecule has 2 amide bonds. The van der Waals surface area contributed by atoms with E-state index in [1.807, 2.05) is 48.2 Å². The molecule has 1 unspecified atom stereocenters. The van der Waals surface area contributed by atoms with Gasteiger partial charge in [-0.05, 0) is 42.7 Å². The minimum absolute atomic E-state index is 0.0684. The number of likely N-dealkylation sites (tertiary alicyclic amines) is 1. The monoisotopic (exact) mass is 419 g/mol. The van der Waals surface area contributed by atoms with E-state index >= 15 is 0 Å². The van der Waals surface area contributed by atoms with Gasteiger partial charge in [0.1, 0.15) is 23.3 Å². The molecule has 2 heterocycles. The van der Waals surface area contributed by atoms with Crippen molar-refractivity contribution in [3.63, 3.8) is 0 Å². The van der Waals surface area contributed by atoms with Gasteiger partial charge in [-0.25, -0.2) is 0 Å². The zero-order valence-corrected chi connectivity index (χ0v) is 17.4. The van der Waals surface area contributed by atoms with Crippen LogP contribution in [-0.4, -0.2) is 47.5 Å². The summed E-state index contributed by atoms with van der Waals surface area (Å²) in [5.41, 5.74) is 6.04. The Kier molecular flexibility index (Phi) is 6.02. The fourth-order valence-corrected chi connectivity index (χ4v) is 3.94. The highest BCUT2D eigenvalue weighted by Gasteiger charge is 2.28. The molecule has 7 nitrogen and oxygen atoms in total. The Labute approximate surface area is 180 Å². The SMILES string of the molecule is CCOc1ccc2ccccc2c1C(=O)N1CCCC(Oc2ccnc(C(N)=O)c2)C1. The fourth-order valence-electron chi connectivity index (χ4n) is 3.94. The number of nitrogens with two attached hydrogens (primary N) is 1. The largest absolute Gasteiger partial charge is 0.493 e. The number of nitrogens with zero attached hydrogens (tertiary/aromatic N) is 2. The van der Waals surface area contributed by atoms with Crippen LogP contribution in [0.15, 0.2) is 54.7 Å². The van der Waals surface area contributed by atoms with Crippen molar-refractivity contribution in [2.24, 2.45) is 5.73 Å². The van der Waals surface area contributed by atoms with E-state index in [0.717, 1.165) is 23.6 Å². The topological polar surface area (TPSA) is 94.8 Å². The first-order valence-corrected chi connectivity index (χ1v) is 10.4. The van der Waals surface area contributed by atoms with E-state index in [0.29, 0.717) is 36.8 Å². The molecule has 1 aliphatic heterocycles. The summed E-state index contributed by atoms with van der Waals surface area (Å²) in [5, 5.41) is 1.87. The van der Waals surface area contributed by atoms with Gasteiger partial charge in [0.15, 0.2) is 0 Å². The van der Waals surface area contributed by atoms with Crippen molar-refractivity contribution < 1.29 is 19.1 Å². The summed E-state index contributed by atoms with van der Waals surface area (Å²) in [4.78, 5) is 30.7. The molecule has 160 valence electrons. The zero-order valence-electron chi connectivity index (χ0n) is 17.4. The Bertz CT molecular complexity index is 1110. The Morgan fingerprint density at radius 1 is 1.19 bits per heavy atom. The Hall–Kier alpha value is -3.61. The molecule has 1 aromatic heterocycles. The fraction of sp³-hybridized carbons (Fsp3) is 0.292. The standard InChI is InChI=1S/C24H25N3O4/c1-2-30-21-10-9-16-6-3-4-8-19(16)22(21)24(29)27-13-5-7-18(15-27)31-17-11-12-26-20(14-17)23(25)28/h3-4,6,8-12,14,18H,2,5,7,13,15H2,1H3,(H2,25,28). The number of hydrogen-bond acceptors (Lipinski definition) is 5. The molecule has 1 fully saturated rings. The molecule has 0 spiro atoms. The van der Waals surface area contributed by atoms with E-state index in [1.54, 1.807) is 6.07 Å². The molecular formula is C24H25N3O4. The molecular weight excluding hydrogens is 394 g/mol. The van der Waals surface area contributed by atoms with E-state index in [9.17, 15) is 9.59 Å². The summed E-state index contributed by atoms with van der Waals surface area (Å²) in [6.07, 6.45) is 2.93. The number of aromatic nitrogens is 1. The average Bonchev–Trinajstić information content (AvgIpc) is 2.79. The van der Waals surface area contributed by atoms with Crippen LogP contribution in [0.2, 0.25) is 0 Å². The number of primary amides is 1. The Morgan fingerprint density at radius 3 is 2.84 bits per heavy atom. The van der Waals surface area contributed by atoms with E-state index in [1.165, 1.54) is 12.3 Å². The number of hydrogen-bond donors (Lipinski definition) is 1. The molecule has 3 aromatic rings. The number of amides is 2. The van der Waals surface area contributed by atoms with Crippen LogP contribution in [0.4, 0.5) is 0 Å². The lowest BCUT2D eigenvalue weighted by atomic mass is 10.0. The van der Waals surface area contributed by atoms with Crippen LogP contribution in [0.25, 0.3) is 10.8 Å². The first kappa shape index (κ1) is 20.7. The predicted molar refractivity (Wildman–Crippen MR) is 117 cm³/mol. The van der Waals surface area contributed by atoms with E-state index < -0.39 is 5.91 Å². The molecule has 2 N–H and O–H groups in total. The maximum Gasteiger partial charge on any atom is 0.267 e. The van der Waals surface area contributed by atoms with Gasteiger partial charge in [0.25, 0.3) is 11.8 Å². The van der Waals surface area contributed by atoms with Gasteiger partial charge in [-0.2, -0.15) is 0 Å². The summed E-state index contributed by atoms with van der Waals surface area (Å²) in [5.74, 6) is 0.434. The maximum absolute atomic E-state index is 13.6. The summed E-state index contributed by atoms with van der Waals surface area (Å²) in [6, 6.07) is 14.9. The number of carbonyl (C=O) groups is 2. The molecule has 1 atom stereocenters. The first-order valence-electron chi connectivity index (χ1n) is 10.4. The minimum Gasteiger partial charge on any atom is -0.493 e. The second-order valence-corrected chi connectivity index (χ2v) is 7.47. The number of piperidine rings is 1. The Morgan fingerprint density at radius 2 is 2.03 bits per heavy atom. The van der Waals surface area contributed by atoms with Gasteiger partial charge in [-0.3, -0.25) is 14.6 Å². The third-order valence-electron chi connectivity index (χ3n) is 5.36.